The van der Waals surface area contributed by atoms with Crippen LogP contribution >= 0.6 is 11.3 Å². The van der Waals surface area contributed by atoms with Crippen LogP contribution in [0.1, 0.15) is 50.8 Å². The third-order valence-electron chi connectivity index (χ3n) is 7.52. The van der Waals surface area contributed by atoms with Crippen LogP contribution in [0, 0.1) is 12.7 Å². The van der Waals surface area contributed by atoms with Gasteiger partial charge in [0.2, 0.25) is 5.91 Å². The third-order valence-corrected chi connectivity index (χ3v) is 8.80. The first-order valence-corrected chi connectivity index (χ1v) is 14.3. The molecule has 0 unspecified atom stereocenters. The van der Waals surface area contributed by atoms with E-state index in [0.717, 1.165) is 17.4 Å². The number of ether oxygens (including phenoxy) is 2. The number of likely N-dealkylation sites (tertiary alicyclic amines) is 1. The van der Waals surface area contributed by atoms with E-state index in [1.165, 1.54) is 58.4 Å². The Hall–Kier alpha value is -3.84. The second-order valence-electron chi connectivity index (χ2n) is 10.5. The topological polar surface area (TPSA) is 113 Å². The van der Waals surface area contributed by atoms with Gasteiger partial charge in [-0.25, -0.2) is 13.8 Å². The molecule has 1 fully saturated rings. The van der Waals surface area contributed by atoms with Gasteiger partial charge in [0.25, 0.3) is 5.56 Å². The Morgan fingerprint density at radius 3 is 2.49 bits per heavy atom. The highest BCUT2D eigenvalue weighted by molar-refractivity contribution is 7.21. The SMILES string of the molecule is CCO[C@@H](Cn1c(=O)n(C(C)(C)C(=O)N2CCCC2)c(=O)c2c(C)c(-n3nccn3)sc21)c1cc(F)ccc1OC. The summed E-state index contributed by atoms with van der Waals surface area (Å²) in [6.07, 6.45) is 3.98. The van der Waals surface area contributed by atoms with Crippen molar-refractivity contribution in [1.82, 2.24) is 29.0 Å². The summed E-state index contributed by atoms with van der Waals surface area (Å²) in [7, 11) is 1.47. The maximum Gasteiger partial charge on any atom is 0.333 e. The van der Waals surface area contributed by atoms with Crippen molar-refractivity contribution in [3.8, 4) is 10.8 Å². The summed E-state index contributed by atoms with van der Waals surface area (Å²) in [6, 6.07) is 4.11. The van der Waals surface area contributed by atoms with Gasteiger partial charge in [-0.2, -0.15) is 10.2 Å². The number of methoxy groups -OCH3 is 1. The fourth-order valence-corrected chi connectivity index (χ4v) is 6.69. The molecule has 5 rings (SSSR count). The van der Waals surface area contributed by atoms with E-state index in [1.807, 2.05) is 0 Å². The van der Waals surface area contributed by atoms with Gasteiger partial charge in [-0.15, -0.1) is 4.80 Å². The number of carbonyl (C=O) groups excluding carboxylic acids is 1. The minimum atomic E-state index is -1.47. The van der Waals surface area contributed by atoms with E-state index in [0.29, 0.717) is 39.8 Å². The molecule has 0 N–H and O–H groups in total. The number of aromatic nitrogens is 5. The lowest BCUT2D eigenvalue weighted by atomic mass is 10.0. The summed E-state index contributed by atoms with van der Waals surface area (Å²) >= 11 is 1.19. The van der Waals surface area contributed by atoms with E-state index in [2.05, 4.69) is 10.2 Å². The van der Waals surface area contributed by atoms with Crippen LogP contribution in [0.3, 0.4) is 0 Å². The van der Waals surface area contributed by atoms with Crippen molar-refractivity contribution in [2.45, 2.75) is 58.7 Å². The lowest BCUT2D eigenvalue weighted by molar-refractivity contribution is -0.138. The zero-order valence-corrected chi connectivity index (χ0v) is 24.5. The fraction of sp³-hybridized carbons (Fsp3) is 0.464. The van der Waals surface area contributed by atoms with Gasteiger partial charge < -0.3 is 14.4 Å². The van der Waals surface area contributed by atoms with E-state index in [9.17, 15) is 18.8 Å². The summed E-state index contributed by atoms with van der Waals surface area (Å²) in [5.74, 6) is -0.379. The monoisotopic (exact) mass is 584 g/mol. The Morgan fingerprint density at radius 1 is 1.17 bits per heavy atom. The molecule has 1 aromatic carbocycles. The Morgan fingerprint density at radius 2 is 1.85 bits per heavy atom. The van der Waals surface area contributed by atoms with Crippen LogP contribution in [-0.2, 0) is 21.6 Å². The van der Waals surface area contributed by atoms with Crippen molar-refractivity contribution in [2.24, 2.45) is 0 Å². The molecule has 0 bridgehead atoms. The molecule has 1 atom stereocenters. The van der Waals surface area contributed by atoms with Crippen molar-refractivity contribution >= 4 is 27.5 Å². The van der Waals surface area contributed by atoms with Crippen molar-refractivity contribution < 1.29 is 18.7 Å². The predicted octanol–water partition coefficient (Wildman–Crippen LogP) is 3.40. The molecule has 0 spiro atoms. The molecular formula is C28H33FN6O5S. The van der Waals surface area contributed by atoms with Gasteiger partial charge in [-0.3, -0.25) is 14.2 Å². The average Bonchev–Trinajstić information content (AvgIpc) is 3.72. The molecule has 1 aliphatic rings. The molecule has 0 aliphatic carbocycles. The van der Waals surface area contributed by atoms with Crippen molar-refractivity contribution in [3.63, 3.8) is 0 Å². The zero-order valence-electron chi connectivity index (χ0n) is 23.7. The first-order valence-electron chi connectivity index (χ1n) is 13.5. The molecule has 1 amide bonds. The van der Waals surface area contributed by atoms with Crippen LogP contribution in [0.2, 0.25) is 0 Å². The Bertz CT molecular complexity index is 1700. The van der Waals surface area contributed by atoms with Crippen LogP contribution in [0.15, 0.2) is 40.2 Å². The molecule has 218 valence electrons. The zero-order chi connectivity index (χ0) is 29.5. The first-order chi connectivity index (χ1) is 19.6. The number of thiophene rings is 1. The molecule has 11 nitrogen and oxygen atoms in total. The Labute approximate surface area is 239 Å². The van der Waals surface area contributed by atoms with Crippen LogP contribution in [0.4, 0.5) is 4.39 Å². The maximum atomic E-state index is 14.4. The van der Waals surface area contributed by atoms with Gasteiger partial charge in [0, 0.05) is 30.8 Å². The number of halogens is 1. The number of carbonyl (C=O) groups is 1. The van der Waals surface area contributed by atoms with Crippen molar-refractivity contribution in [3.05, 3.63) is 68.4 Å². The molecule has 0 saturated carbocycles. The first kappa shape index (κ1) is 28.7. The number of benzene rings is 1. The van der Waals surface area contributed by atoms with E-state index in [-0.39, 0.29) is 24.4 Å². The number of amides is 1. The highest BCUT2D eigenvalue weighted by atomic mass is 32.1. The minimum absolute atomic E-state index is 0.0663. The number of rotatable bonds is 9. The molecule has 4 aromatic rings. The average molecular weight is 585 g/mol. The van der Waals surface area contributed by atoms with E-state index >= 15 is 0 Å². The smallest absolute Gasteiger partial charge is 0.333 e. The summed E-state index contributed by atoms with van der Waals surface area (Å²) < 4.78 is 28.4. The normalized spacial score (nSPS) is 14.6. The molecular weight excluding hydrogens is 551 g/mol. The highest BCUT2D eigenvalue weighted by Crippen LogP contribution is 2.34. The van der Waals surface area contributed by atoms with Gasteiger partial charge in [0.1, 0.15) is 33.0 Å². The van der Waals surface area contributed by atoms with Gasteiger partial charge in [0.15, 0.2) is 0 Å². The van der Waals surface area contributed by atoms with Gasteiger partial charge in [0.05, 0.1) is 31.4 Å². The summed E-state index contributed by atoms with van der Waals surface area (Å²) in [6.45, 7) is 8.11. The Kier molecular flexibility index (Phi) is 7.84. The number of fused-ring (bicyclic) bond motifs is 1. The molecule has 41 heavy (non-hydrogen) atoms. The molecule has 4 heterocycles. The van der Waals surface area contributed by atoms with E-state index < -0.39 is 28.7 Å². The van der Waals surface area contributed by atoms with Crippen LogP contribution in [0.25, 0.3) is 15.2 Å². The van der Waals surface area contributed by atoms with Gasteiger partial charge >= 0.3 is 5.69 Å². The van der Waals surface area contributed by atoms with Crippen LogP contribution in [-0.4, -0.2) is 61.7 Å². The second-order valence-corrected chi connectivity index (χ2v) is 11.4. The quantitative estimate of drug-likeness (QED) is 0.296. The molecule has 0 radical (unpaired) electrons. The lowest BCUT2D eigenvalue weighted by Gasteiger charge is -2.31. The lowest BCUT2D eigenvalue weighted by Crippen LogP contribution is -2.56. The van der Waals surface area contributed by atoms with E-state index in [4.69, 9.17) is 9.47 Å². The maximum absolute atomic E-state index is 14.4. The largest absolute Gasteiger partial charge is 0.496 e. The summed E-state index contributed by atoms with van der Waals surface area (Å²) in [5.41, 5.74) is -1.70. The Balaban J connectivity index is 1.77. The second kappa shape index (κ2) is 11.2. The molecule has 1 aliphatic heterocycles. The molecule has 1 saturated heterocycles. The number of hydrogen-bond donors (Lipinski definition) is 0. The highest BCUT2D eigenvalue weighted by Gasteiger charge is 2.39. The summed E-state index contributed by atoms with van der Waals surface area (Å²) in [5, 5.41) is 9.29. The van der Waals surface area contributed by atoms with Crippen LogP contribution in [0.5, 0.6) is 5.75 Å². The molecule has 3 aromatic heterocycles. The van der Waals surface area contributed by atoms with Gasteiger partial charge in [-0.1, -0.05) is 11.3 Å². The minimum Gasteiger partial charge on any atom is -0.496 e. The summed E-state index contributed by atoms with van der Waals surface area (Å²) in [4.78, 5) is 45.6. The standard InChI is InChI=1S/C28H33FN6O5S/c1-6-40-21(19-15-18(29)9-10-20(19)39-5)16-33-25-22(17(2)24(41-25)35-30-11-12-31-35)23(36)34(27(33)38)28(3,4)26(37)32-13-7-8-14-32/h9-12,15,21H,6-8,13-14,16H2,1-5H3/t21-/m0/s1. The number of aryl methyl sites for hydroxylation is 1. The molecule has 13 heteroatoms. The third kappa shape index (κ3) is 4.97. The number of nitrogens with zero attached hydrogens (tertiary/aromatic N) is 6. The van der Waals surface area contributed by atoms with Crippen molar-refractivity contribution in [2.75, 3.05) is 26.8 Å². The number of hydrogen-bond acceptors (Lipinski definition) is 8. The van der Waals surface area contributed by atoms with Crippen LogP contribution < -0.4 is 16.0 Å². The van der Waals surface area contributed by atoms with Gasteiger partial charge in [-0.05, 0) is 58.7 Å². The fourth-order valence-electron chi connectivity index (χ4n) is 5.47. The predicted molar refractivity (Wildman–Crippen MR) is 152 cm³/mol. The van der Waals surface area contributed by atoms with Crippen molar-refractivity contribution in [1.29, 1.82) is 0 Å². The van der Waals surface area contributed by atoms with E-state index in [1.54, 1.807) is 32.6 Å².